The van der Waals surface area contributed by atoms with Gasteiger partial charge < -0.3 is 5.32 Å². The number of aliphatic imine (C=N–C) groups is 1. The number of benzene rings is 2. The summed E-state index contributed by atoms with van der Waals surface area (Å²) in [6.07, 6.45) is 1.23. The van der Waals surface area contributed by atoms with Gasteiger partial charge in [0.2, 0.25) is 0 Å². The summed E-state index contributed by atoms with van der Waals surface area (Å²) in [5.74, 6) is 1.83. The first-order valence-electron chi connectivity index (χ1n) is 7.64. The average Bonchev–Trinajstić information content (AvgIpc) is 2.53. The van der Waals surface area contributed by atoms with E-state index in [4.69, 9.17) is 4.99 Å². The quantitative estimate of drug-likeness (QED) is 0.905. The van der Waals surface area contributed by atoms with Crippen LogP contribution in [0.25, 0.3) is 10.8 Å². The standard InChI is InChI=1S/C18H22N2S/c1-13(2)17-10-11-21-18(20-17)19-12-15-8-5-7-14-6-3-4-9-16(14)15/h3-9,13,17H,10-12H2,1-2H3,(H,19,20). The van der Waals surface area contributed by atoms with E-state index in [0.717, 1.165) is 11.7 Å². The van der Waals surface area contributed by atoms with E-state index < -0.39 is 0 Å². The Kier molecular flexibility index (Phi) is 4.49. The van der Waals surface area contributed by atoms with Crippen LogP contribution in [0.2, 0.25) is 0 Å². The molecular formula is C18H22N2S. The van der Waals surface area contributed by atoms with Crippen LogP contribution in [-0.2, 0) is 6.54 Å². The van der Waals surface area contributed by atoms with Crippen molar-refractivity contribution in [3.8, 4) is 0 Å². The highest BCUT2D eigenvalue weighted by molar-refractivity contribution is 8.13. The molecule has 0 aromatic heterocycles. The van der Waals surface area contributed by atoms with Crippen molar-refractivity contribution in [2.45, 2.75) is 32.9 Å². The monoisotopic (exact) mass is 298 g/mol. The number of amidine groups is 1. The summed E-state index contributed by atoms with van der Waals surface area (Å²) >= 11 is 1.85. The van der Waals surface area contributed by atoms with Gasteiger partial charge in [0.05, 0.1) is 6.54 Å². The van der Waals surface area contributed by atoms with Crippen LogP contribution in [0.3, 0.4) is 0 Å². The molecule has 1 saturated heterocycles. The fourth-order valence-corrected chi connectivity index (χ4v) is 3.69. The number of rotatable bonds is 3. The fraction of sp³-hybridized carbons (Fsp3) is 0.389. The molecule has 1 unspecified atom stereocenters. The van der Waals surface area contributed by atoms with Crippen molar-refractivity contribution >= 4 is 27.7 Å². The van der Waals surface area contributed by atoms with Crippen molar-refractivity contribution in [3.05, 3.63) is 48.0 Å². The van der Waals surface area contributed by atoms with Gasteiger partial charge in [-0.25, -0.2) is 0 Å². The Morgan fingerprint density at radius 3 is 2.86 bits per heavy atom. The van der Waals surface area contributed by atoms with E-state index in [0.29, 0.717) is 12.0 Å². The lowest BCUT2D eigenvalue weighted by atomic mass is 10.0. The van der Waals surface area contributed by atoms with Gasteiger partial charge in [-0.1, -0.05) is 68.1 Å². The van der Waals surface area contributed by atoms with E-state index in [-0.39, 0.29) is 0 Å². The van der Waals surface area contributed by atoms with Gasteiger partial charge in [0.1, 0.15) is 0 Å². The molecule has 0 amide bonds. The Hall–Kier alpha value is -1.48. The number of nitrogens with one attached hydrogen (secondary N) is 1. The lowest BCUT2D eigenvalue weighted by molar-refractivity contribution is 0.442. The molecule has 0 radical (unpaired) electrons. The number of nitrogens with zero attached hydrogens (tertiary/aromatic N) is 1. The number of hydrogen-bond acceptors (Lipinski definition) is 2. The molecule has 3 heteroatoms. The highest BCUT2D eigenvalue weighted by Crippen LogP contribution is 2.22. The first kappa shape index (κ1) is 14.5. The molecule has 1 aliphatic heterocycles. The van der Waals surface area contributed by atoms with E-state index in [2.05, 4.69) is 61.6 Å². The summed E-state index contributed by atoms with van der Waals surface area (Å²) in [5, 5.41) is 7.29. The van der Waals surface area contributed by atoms with Crippen LogP contribution < -0.4 is 5.32 Å². The van der Waals surface area contributed by atoms with Gasteiger partial charge in [0.15, 0.2) is 5.17 Å². The molecule has 1 heterocycles. The van der Waals surface area contributed by atoms with E-state index >= 15 is 0 Å². The van der Waals surface area contributed by atoms with E-state index in [1.54, 1.807) is 0 Å². The van der Waals surface area contributed by atoms with Crippen LogP contribution in [0, 0.1) is 5.92 Å². The minimum absolute atomic E-state index is 0.567. The zero-order chi connectivity index (χ0) is 14.7. The van der Waals surface area contributed by atoms with E-state index in [9.17, 15) is 0 Å². The number of fused-ring (bicyclic) bond motifs is 1. The Bertz CT molecular complexity index is 643. The molecule has 0 saturated carbocycles. The van der Waals surface area contributed by atoms with Crippen LogP contribution >= 0.6 is 11.8 Å². The van der Waals surface area contributed by atoms with Crippen LogP contribution in [-0.4, -0.2) is 17.0 Å². The van der Waals surface area contributed by atoms with Crippen LogP contribution in [0.5, 0.6) is 0 Å². The molecule has 0 bridgehead atoms. The summed E-state index contributed by atoms with van der Waals surface area (Å²) in [5.41, 5.74) is 1.30. The molecule has 1 atom stereocenters. The second kappa shape index (κ2) is 6.52. The Labute approximate surface area is 131 Å². The van der Waals surface area contributed by atoms with Crippen molar-refractivity contribution in [1.82, 2.24) is 5.32 Å². The highest BCUT2D eigenvalue weighted by atomic mass is 32.2. The van der Waals surface area contributed by atoms with E-state index in [1.165, 1.54) is 28.5 Å². The van der Waals surface area contributed by atoms with Gasteiger partial charge in [0.25, 0.3) is 0 Å². The zero-order valence-corrected chi connectivity index (χ0v) is 13.5. The smallest absolute Gasteiger partial charge is 0.157 e. The lowest BCUT2D eigenvalue weighted by Gasteiger charge is -2.28. The molecule has 21 heavy (non-hydrogen) atoms. The lowest BCUT2D eigenvalue weighted by Crippen LogP contribution is -2.41. The van der Waals surface area contributed by atoms with E-state index in [1.807, 2.05) is 11.8 Å². The largest absolute Gasteiger partial charge is 0.362 e. The molecule has 110 valence electrons. The first-order chi connectivity index (χ1) is 10.2. The summed E-state index contributed by atoms with van der Waals surface area (Å²) in [7, 11) is 0. The van der Waals surface area contributed by atoms with Gasteiger partial charge in [-0.3, -0.25) is 4.99 Å². The Balaban J connectivity index is 1.78. The molecule has 1 fully saturated rings. The van der Waals surface area contributed by atoms with Gasteiger partial charge in [0, 0.05) is 11.8 Å². The third kappa shape index (κ3) is 3.41. The third-order valence-electron chi connectivity index (χ3n) is 4.05. The maximum atomic E-state index is 4.80. The number of thioether (sulfide) groups is 1. The van der Waals surface area contributed by atoms with Crippen LogP contribution in [0.4, 0.5) is 0 Å². The Morgan fingerprint density at radius 2 is 2.00 bits per heavy atom. The molecule has 1 aliphatic rings. The summed E-state index contributed by atoms with van der Waals surface area (Å²) in [4.78, 5) is 4.80. The molecule has 3 rings (SSSR count). The molecule has 2 aromatic carbocycles. The van der Waals surface area contributed by atoms with Crippen molar-refractivity contribution < 1.29 is 0 Å². The maximum absolute atomic E-state index is 4.80. The van der Waals surface area contributed by atoms with Crippen molar-refractivity contribution in [3.63, 3.8) is 0 Å². The topological polar surface area (TPSA) is 24.4 Å². The molecule has 2 nitrogen and oxygen atoms in total. The van der Waals surface area contributed by atoms with Crippen LogP contribution in [0.1, 0.15) is 25.8 Å². The minimum atomic E-state index is 0.567. The van der Waals surface area contributed by atoms with Gasteiger partial charge in [-0.05, 0) is 28.7 Å². The second-order valence-electron chi connectivity index (χ2n) is 5.89. The summed E-state index contributed by atoms with van der Waals surface area (Å²) in [6.45, 7) is 5.30. The summed E-state index contributed by atoms with van der Waals surface area (Å²) < 4.78 is 0. The average molecular weight is 298 g/mol. The number of hydrogen-bond donors (Lipinski definition) is 1. The van der Waals surface area contributed by atoms with Gasteiger partial charge >= 0.3 is 0 Å². The molecule has 2 aromatic rings. The minimum Gasteiger partial charge on any atom is -0.362 e. The maximum Gasteiger partial charge on any atom is 0.157 e. The predicted octanol–water partition coefficient (Wildman–Crippen LogP) is 4.45. The second-order valence-corrected chi connectivity index (χ2v) is 6.98. The first-order valence-corrected chi connectivity index (χ1v) is 8.63. The van der Waals surface area contributed by atoms with Crippen molar-refractivity contribution in [2.75, 3.05) is 5.75 Å². The predicted molar refractivity (Wildman–Crippen MR) is 93.9 cm³/mol. The zero-order valence-electron chi connectivity index (χ0n) is 12.7. The van der Waals surface area contributed by atoms with Crippen molar-refractivity contribution in [2.24, 2.45) is 10.9 Å². The normalized spacial score (nSPS) is 20.9. The Morgan fingerprint density at radius 1 is 1.19 bits per heavy atom. The molecule has 0 spiro atoms. The van der Waals surface area contributed by atoms with Crippen molar-refractivity contribution in [1.29, 1.82) is 0 Å². The molecule has 1 N–H and O–H groups in total. The molecule has 0 aliphatic carbocycles. The molecular weight excluding hydrogens is 276 g/mol. The summed E-state index contributed by atoms with van der Waals surface area (Å²) in [6, 6.07) is 15.6. The third-order valence-corrected chi connectivity index (χ3v) is 5.01. The van der Waals surface area contributed by atoms with Gasteiger partial charge in [-0.2, -0.15) is 0 Å². The fourth-order valence-electron chi connectivity index (χ4n) is 2.73. The highest BCUT2D eigenvalue weighted by Gasteiger charge is 2.19. The van der Waals surface area contributed by atoms with Gasteiger partial charge in [-0.15, -0.1) is 0 Å². The van der Waals surface area contributed by atoms with Crippen LogP contribution in [0.15, 0.2) is 47.5 Å². The SMILES string of the molecule is CC(C)C1CCSC(=NCc2cccc3ccccc23)N1.